The summed E-state index contributed by atoms with van der Waals surface area (Å²) in [5.41, 5.74) is 4.91. The summed E-state index contributed by atoms with van der Waals surface area (Å²) in [5.74, 6) is -7.54. The van der Waals surface area contributed by atoms with Crippen molar-refractivity contribution in [1.82, 2.24) is 26.2 Å². The predicted octanol–water partition coefficient (Wildman–Crippen LogP) is 2.81. The number of carbonyl (C=O) groups is 7. The average Bonchev–Trinajstić information content (AvgIpc) is 3.85. The highest BCUT2D eigenvalue weighted by Gasteiger charge is 2.68. The van der Waals surface area contributed by atoms with Crippen molar-refractivity contribution in [3.63, 3.8) is 0 Å². The fraction of sp³-hybridized carbons (Fsp3) is 0.705. The van der Waals surface area contributed by atoms with Gasteiger partial charge in [0.15, 0.2) is 0 Å². The van der Waals surface area contributed by atoms with Gasteiger partial charge in [-0.05, 0) is 98.7 Å². The maximum Gasteiger partial charge on any atom is 0.481 e. The van der Waals surface area contributed by atoms with Gasteiger partial charge in [-0.1, -0.05) is 53.7 Å². The van der Waals surface area contributed by atoms with Crippen LogP contribution in [0.1, 0.15) is 111 Å². The molecule has 5 aliphatic rings. The Kier molecular flexibility index (Phi) is 16.1. The Hall–Kier alpha value is -4.76. The van der Waals surface area contributed by atoms with Crippen molar-refractivity contribution in [2.45, 2.75) is 160 Å². The molecule has 1 aromatic rings. The van der Waals surface area contributed by atoms with Crippen molar-refractivity contribution >= 4 is 48.6 Å². The van der Waals surface area contributed by atoms with Crippen molar-refractivity contribution in [1.29, 1.82) is 0 Å². The maximum atomic E-state index is 14.4. The lowest BCUT2D eigenvalue weighted by molar-refractivity contribution is -0.199. The zero-order valence-electron chi connectivity index (χ0n) is 38.0. The lowest BCUT2D eigenvalue weighted by Gasteiger charge is -2.64. The van der Waals surface area contributed by atoms with Crippen LogP contribution in [0.2, 0.25) is 0 Å². The molecule has 3 aliphatic carbocycles. The van der Waals surface area contributed by atoms with Crippen LogP contribution in [0.5, 0.6) is 0 Å². The van der Waals surface area contributed by atoms with Crippen LogP contribution >= 0.6 is 0 Å². The number of amides is 5. The molecule has 10 atom stereocenters. The molecule has 5 fully saturated rings. The van der Waals surface area contributed by atoms with Gasteiger partial charge in [0.05, 0.1) is 35.7 Å². The van der Waals surface area contributed by atoms with Gasteiger partial charge in [0.1, 0.15) is 24.2 Å². The van der Waals surface area contributed by atoms with Gasteiger partial charge in [0.2, 0.25) is 29.5 Å². The minimum atomic E-state index is -4.49. The summed E-state index contributed by atoms with van der Waals surface area (Å²) < 4.78 is 53.3. The normalized spacial score (nSPS) is 25.7. The minimum Gasteiger partial charge on any atom is -0.481 e. The number of aryl methyl sites for hydroxylation is 1. The van der Waals surface area contributed by atoms with E-state index in [1.54, 1.807) is 27.7 Å². The fourth-order valence-electron chi connectivity index (χ4n) is 9.93. The largest absolute Gasteiger partial charge is 0.481 e. The molecule has 0 unspecified atom stereocenters. The van der Waals surface area contributed by atoms with Gasteiger partial charge >= 0.3 is 25.2 Å². The Bertz CT molecular complexity index is 1950. The van der Waals surface area contributed by atoms with E-state index in [1.807, 2.05) is 6.92 Å². The number of hydrogen-bond donors (Lipinski definition) is 7. The molecular weight excluding hydrogens is 856 g/mol. The van der Waals surface area contributed by atoms with Gasteiger partial charge in [-0.2, -0.15) is 13.2 Å². The summed E-state index contributed by atoms with van der Waals surface area (Å²) in [4.78, 5) is 92.7. The first-order valence-electron chi connectivity index (χ1n) is 22.4. The second-order valence-corrected chi connectivity index (χ2v) is 19.5. The Balaban J connectivity index is 1.30. The molecule has 0 aromatic heterocycles. The van der Waals surface area contributed by atoms with E-state index < -0.39 is 133 Å². The summed E-state index contributed by atoms with van der Waals surface area (Å²) in [6.45, 7) is 13.3. The van der Waals surface area contributed by atoms with Crippen LogP contribution in [0.4, 0.5) is 13.2 Å². The number of nitrogens with two attached hydrogens (primary N) is 1. The topological polar surface area (TPSA) is 256 Å². The third kappa shape index (κ3) is 11.8. The van der Waals surface area contributed by atoms with E-state index in [9.17, 15) is 51.8 Å². The highest BCUT2D eigenvalue weighted by molar-refractivity contribution is 6.48. The summed E-state index contributed by atoms with van der Waals surface area (Å²) in [6, 6.07) is -1.61. The van der Waals surface area contributed by atoms with E-state index in [0.29, 0.717) is 30.7 Å². The summed E-state index contributed by atoms with van der Waals surface area (Å²) in [5, 5.41) is 28.9. The molecular formula is C44H64BF3N6O11. The molecule has 2 bridgehead atoms. The Morgan fingerprint density at radius 1 is 0.862 bits per heavy atom. The quantitative estimate of drug-likeness (QED) is 0.0933. The van der Waals surface area contributed by atoms with Gasteiger partial charge in [0, 0.05) is 13.0 Å². The Morgan fingerprint density at radius 3 is 2.06 bits per heavy atom. The number of likely N-dealkylation sites (tertiary alicyclic amines) is 1. The number of benzene rings is 1. The summed E-state index contributed by atoms with van der Waals surface area (Å²) in [6.07, 6.45) is -3.33. The summed E-state index contributed by atoms with van der Waals surface area (Å²) in [7, 11) is -0.867. The average molecular weight is 921 g/mol. The van der Waals surface area contributed by atoms with Crippen LogP contribution < -0.4 is 27.0 Å². The van der Waals surface area contributed by atoms with E-state index in [0.717, 1.165) is 25.0 Å². The van der Waals surface area contributed by atoms with Gasteiger partial charge < -0.3 is 51.4 Å². The van der Waals surface area contributed by atoms with Crippen LogP contribution in [0, 0.1) is 29.1 Å². The zero-order chi connectivity index (χ0) is 48.3. The molecule has 8 N–H and O–H groups in total. The first-order valence-corrected chi connectivity index (χ1v) is 22.4. The van der Waals surface area contributed by atoms with Crippen molar-refractivity contribution in [2.24, 2.45) is 34.8 Å². The van der Waals surface area contributed by atoms with Crippen molar-refractivity contribution in [3.8, 4) is 0 Å². The highest BCUT2D eigenvalue weighted by Crippen LogP contribution is 2.65. The Labute approximate surface area is 377 Å². The van der Waals surface area contributed by atoms with Gasteiger partial charge in [0.25, 0.3) is 0 Å². The van der Waals surface area contributed by atoms with E-state index in [1.165, 1.54) is 17.0 Å². The Morgan fingerprint density at radius 2 is 1.49 bits per heavy atom. The second kappa shape index (κ2) is 20.4. The van der Waals surface area contributed by atoms with Crippen LogP contribution in [-0.4, -0.2) is 118 Å². The number of nitrogens with zero attached hydrogens (tertiary/aromatic N) is 1. The number of carbonyl (C=O) groups excluding carboxylic acids is 5. The molecule has 3 saturated carbocycles. The molecule has 2 aliphatic heterocycles. The molecule has 1 aromatic carbocycles. The van der Waals surface area contributed by atoms with Crippen molar-refractivity contribution in [3.05, 3.63) is 35.4 Å². The lowest BCUT2D eigenvalue weighted by Crippen LogP contribution is -2.65. The number of halogens is 3. The SMILES string of the molecule is CC(C)[C@H](NC(=O)[C@H](CCC(=O)O)NC(=O)[C@@H](N)CC(=O)O)C(=O)N[C@H](C(=O)N1CCC[C@H]1C(=O)N[C@@H](CCc1ccc(C(F)(F)F)cc1)B1O[C@@H]2C[C@@H]3C[C@H](C3(C)C)[C@]2(C)O1)C(C)C. The van der Waals surface area contributed by atoms with E-state index in [2.05, 4.69) is 35.1 Å². The minimum absolute atomic E-state index is 0.0392. The third-order valence-corrected chi connectivity index (χ3v) is 14.0. The zero-order valence-corrected chi connectivity index (χ0v) is 38.0. The fourth-order valence-corrected chi connectivity index (χ4v) is 9.93. The molecule has 65 heavy (non-hydrogen) atoms. The molecule has 5 amide bonds. The molecule has 2 heterocycles. The first kappa shape index (κ1) is 51.2. The smallest absolute Gasteiger partial charge is 0.481 e. The molecule has 21 heteroatoms. The number of aliphatic carboxylic acids is 2. The van der Waals surface area contributed by atoms with Gasteiger partial charge in [-0.15, -0.1) is 0 Å². The number of carboxylic acid groups (broad SMARTS) is 2. The number of alkyl halides is 3. The number of hydrogen-bond acceptors (Lipinski definition) is 10. The second-order valence-electron chi connectivity index (χ2n) is 19.5. The third-order valence-electron chi connectivity index (χ3n) is 14.0. The van der Waals surface area contributed by atoms with Gasteiger partial charge in [-0.25, -0.2) is 0 Å². The monoisotopic (exact) mass is 920 g/mol. The van der Waals surface area contributed by atoms with Crippen molar-refractivity contribution < 1.29 is 66.3 Å². The van der Waals surface area contributed by atoms with E-state index in [-0.39, 0.29) is 30.4 Å². The molecule has 0 spiro atoms. The molecule has 360 valence electrons. The predicted molar refractivity (Wildman–Crippen MR) is 229 cm³/mol. The number of rotatable bonds is 20. The molecule has 6 rings (SSSR count). The molecule has 0 radical (unpaired) electrons. The van der Waals surface area contributed by atoms with E-state index in [4.69, 9.17) is 20.1 Å². The number of nitrogens with one attached hydrogen (secondary N) is 4. The van der Waals surface area contributed by atoms with Gasteiger partial charge in [-0.3, -0.25) is 33.6 Å². The van der Waals surface area contributed by atoms with Crippen LogP contribution in [-0.2, 0) is 55.5 Å². The summed E-state index contributed by atoms with van der Waals surface area (Å²) >= 11 is 0. The maximum absolute atomic E-state index is 14.4. The van der Waals surface area contributed by atoms with Crippen LogP contribution in [0.15, 0.2) is 24.3 Å². The standard InChI is InChI=1S/C44H64BF3N6O11/c1-22(2)35(52-38(60)28(15-17-33(55)56)50-37(59)27(49)21-34(57)58)40(62)53-36(23(3)4)41(63)54-18-8-9-29(54)39(61)51-32(16-12-24-10-13-25(14-11-24)44(46,47)48)45-64-31-20-26-19-30(42(26,5)6)43(31,7)65-45/h10-11,13-14,22-23,26-32,35-36H,8-9,12,15-21,49H2,1-7H3,(H,50,59)(H,51,61)(H,52,60)(H,53,62)(H,55,56)(H,57,58)/t26-,27-,28-,29-,30+,31+,32-,35-,36-,43-/m0/s1. The van der Waals surface area contributed by atoms with E-state index >= 15 is 0 Å². The van der Waals surface area contributed by atoms with Crippen molar-refractivity contribution in [2.75, 3.05) is 6.54 Å². The molecule has 17 nitrogen and oxygen atoms in total. The lowest BCUT2D eigenvalue weighted by atomic mass is 9.43. The van der Waals surface area contributed by atoms with Crippen LogP contribution in [0.25, 0.3) is 0 Å². The van der Waals surface area contributed by atoms with Crippen LogP contribution in [0.3, 0.4) is 0 Å². The number of carboxylic acids is 2. The highest BCUT2D eigenvalue weighted by atomic mass is 19.4. The molecule has 2 saturated heterocycles. The first-order chi connectivity index (χ1) is 30.2.